The number of aromatic nitrogens is 2. The minimum absolute atomic E-state index is 0.0134. The number of rotatable bonds is 1. The Labute approximate surface area is 193 Å². The van der Waals surface area contributed by atoms with Crippen molar-refractivity contribution in [3.8, 4) is 22.8 Å². The number of fused-ring (bicyclic) bond motifs is 3. The summed E-state index contributed by atoms with van der Waals surface area (Å²) in [6, 6.07) is 16.9. The summed E-state index contributed by atoms with van der Waals surface area (Å²) in [5.41, 5.74) is 8.00. The van der Waals surface area contributed by atoms with Gasteiger partial charge in [0, 0.05) is 23.1 Å². The Bertz CT molecular complexity index is 1480. The quantitative estimate of drug-likeness (QED) is 0.339. The third-order valence-electron chi connectivity index (χ3n) is 5.45. The van der Waals surface area contributed by atoms with Gasteiger partial charge in [0.25, 0.3) is 0 Å². The van der Waals surface area contributed by atoms with Crippen LogP contribution in [0, 0.1) is 5.82 Å². The lowest BCUT2D eigenvalue weighted by Crippen LogP contribution is -2.14. The fourth-order valence-corrected chi connectivity index (χ4v) is 3.92. The van der Waals surface area contributed by atoms with Gasteiger partial charge in [-0.3, -0.25) is 0 Å². The van der Waals surface area contributed by atoms with Crippen molar-refractivity contribution in [2.75, 3.05) is 5.73 Å². The number of nitrogens with two attached hydrogens (primary N) is 1. The second kappa shape index (κ2) is 8.74. The third kappa shape index (κ3) is 4.09. The highest BCUT2D eigenvalue weighted by Crippen LogP contribution is 2.37. The summed E-state index contributed by atoms with van der Waals surface area (Å²) < 4.78 is 25.4. The lowest BCUT2D eigenvalue weighted by molar-refractivity contribution is -0.131. The van der Waals surface area contributed by atoms with Gasteiger partial charge in [0.05, 0.1) is 5.69 Å². The van der Waals surface area contributed by atoms with E-state index in [0.717, 1.165) is 17.7 Å². The first-order chi connectivity index (χ1) is 16.5. The summed E-state index contributed by atoms with van der Waals surface area (Å²) in [4.78, 5) is 33.4. The number of para-hydroxylation sites is 1. The number of nitrogen functional groups attached to an aromatic ring is 1. The van der Waals surface area contributed by atoms with E-state index >= 15 is 0 Å². The molecule has 168 valence electrons. The molecule has 34 heavy (non-hydrogen) atoms. The summed E-state index contributed by atoms with van der Waals surface area (Å²) in [6.07, 6.45) is 2.71. The number of esters is 2. The van der Waals surface area contributed by atoms with Gasteiger partial charge < -0.3 is 15.2 Å². The van der Waals surface area contributed by atoms with E-state index in [9.17, 15) is 14.0 Å². The average Bonchev–Trinajstić information content (AvgIpc) is 2.83. The molecule has 1 aliphatic rings. The first-order valence-electron chi connectivity index (χ1n) is 10.5. The molecule has 0 amide bonds. The maximum atomic E-state index is 14.4. The second-order valence-corrected chi connectivity index (χ2v) is 7.63. The second-order valence-electron chi connectivity index (χ2n) is 7.63. The Hall–Kier alpha value is -4.59. The van der Waals surface area contributed by atoms with Gasteiger partial charge in [-0.2, -0.15) is 0 Å². The highest BCUT2D eigenvalue weighted by molar-refractivity contribution is 5.99. The molecule has 5 rings (SSSR count). The van der Waals surface area contributed by atoms with Crippen LogP contribution in [0.4, 0.5) is 10.3 Å². The highest BCUT2D eigenvalue weighted by Gasteiger charge is 2.22. The van der Waals surface area contributed by atoms with Crippen LogP contribution in [0.15, 0.2) is 72.8 Å². The minimum Gasteiger partial charge on any atom is -0.423 e. The standard InChI is InChI=1S/C26H18FN3O4/c27-19-11-10-18(16-6-2-3-7-17(16)19)24-25-20(29-26(28)30-24)12-9-15-5-1-4-8-21(15)33-22(31)13-14-23(32)34-25/h1-8,10-11,13-14H,9,12H2,(H2,28,29,30)/b14-13-. The predicted molar refractivity (Wildman–Crippen MR) is 124 cm³/mol. The summed E-state index contributed by atoms with van der Waals surface area (Å²) in [5, 5.41) is 0.969. The van der Waals surface area contributed by atoms with Gasteiger partial charge in [0.1, 0.15) is 17.3 Å². The fraction of sp³-hybridized carbons (Fsp3) is 0.0769. The molecule has 0 fully saturated rings. The molecule has 8 heteroatoms. The lowest BCUT2D eigenvalue weighted by atomic mass is 9.99. The maximum Gasteiger partial charge on any atom is 0.336 e. The van der Waals surface area contributed by atoms with Gasteiger partial charge >= 0.3 is 11.9 Å². The number of aryl methyl sites for hydroxylation is 2. The van der Waals surface area contributed by atoms with Gasteiger partial charge in [-0.05, 0) is 42.0 Å². The van der Waals surface area contributed by atoms with Crippen LogP contribution in [0.5, 0.6) is 11.5 Å². The molecule has 0 saturated heterocycles. The lowest BCUT2D eigenvalue weighted by Gasteiger charge is -2.16. The van der Waals surface area contributed by atoms with Gasteiger partial charge in [0.15, 0.2) is 5.75 Å². The Morgan fingerprint density at radius 3 is 2.32 bits per heavy atom. The molecule has 3 aromatic carbocycles. The van der Waals surface area contributed by atoms with Crippen LogP contribution >= 0.6 is 0 Å². The molecule has 0 bridgehead atoms. The number of anilines is 1. The van der Waals surface area contributed by atoms with Crippen molar-refractivity contribution in [1.82, 2.24) is 9.97 Å². The van der Waals surface area contributed by atoms with E-state index in [4.69, 9.17) is 15.2 Å². The first kappa shape index (κ1) is 21.3. The molecule has 1 aromatic heterocycles. The number of carbonyl (C=O) groups excluding carboxylic acids is 2. The Morgan fingerprint density at radius 1 is 0.794 bits per heavy atom. The van der Waals surface area contributed by atoms with Crippen LogP contribution in [0.1, 0.15) is 11.3 Å². The zero-order chi connectivity index (χ0) is 23.7. The molecule has 0 radical (unpaired) electrons. The molecule has 2 heterocycles. The Balaban J connectivity index is 1.71. The summed E-state index contributed by atoms with van der Waals surface area (Å²) >= 11 is 0. The largest absolute Gasteiger partial charge is 0.423 e. The van der Waals surface area contributed by atoms with Crippen LogP contribution in [-0.4, -0.2) is 21.9 Å². The van der Waals surface area contributed by atoms with Crippen LogP contribution in [0.2, 0.25) is 0 Å². The monoisotopic (exact) mass is 455 g/mol. The molecule has 1 aliphatic heterocycles. The van der Waals surface area contributed by atoms with Gasteiger partial charge in [-0.15, -0.1) is 0 Å². The van der Waals surface area contributed by atoms with Crippen LogP contribution in [0.3, 0.4) is 0 Å². The third-order valence-corrected chi connectivity index (χ3v) is 5.45. The van der Waals surface area contributed by atoms with Gasteiger partial charge in [-0.25, -0.2) is 23.9 Å². The number of carbonyl (C=O) groups is 2. The molecule has 0 unspecified atom stereocenters. The summed E-state index contributed by atoms with van der Waals surface area (Å²) in [5.74, 6) is -1.43. The zero-order valence-corrected chi connectivity index (χ0v) is 17.8. The average molecular weight is 455 g/mol. The van der Waals surface area contributed by atoms with E-state index in [1.54, 1.807) is 42.5 Å². The molecular formula is C26H18FN3O4. The molecule has 7 nitrogen and oxygen atoms in total. The van der Waals surface area contributed by atoms with E-state index < -0.39 is 11.9 Å². The number of hydrogen-bond donors (Lipinski definition) is 1. The van der Waals surface area contributed by atoms with Crippen molar-refractivity contribution < 1.29 is 23.5 Å². The summed E-state index contributed by atoms with van der Waals surface area (Å²) in [6.45, 7) is 0. The van der Waals surface area contributed by atoms with Crippen molar-refractivity contribution in [2.24, 2.45) is 0 Å². The molecule has 4 aromatic rings. The molecule has 0 spiro atoms. The molecule has 2 N–H and O–H groups in total. The fourth-order valence-electron chi connectivity index (χ4n) is 3.92. The van der Waals surface area contributed by atoms with Crippen molar-refractivity contribution in [2.45, 2.75) is 12.8 Å². The van der Waals surface area contributed by atoms with Crippen molar-refractivity contribution in [3.63, 3.8) is 0 Å². The van der Waals surface area contributed by atoms with Crippen molar-refractivity contribution >= 4 is 28.7 Å². The van der Waals surface area contributed by atoms with Crippen LogP contribution in [0.25, 0.3) is 22.0 Å². The Kier molecular flexibility index (Phi) is 5.47. The zero-order valence-electron chi connectivity index (χ0n) is 17.8. The maximum absolute atomic E-state index is 14.4. The number of ether oxygens (including phenoxy) is 2. The van der Waals surface area contributed by atoms with E-state index in [1.807, 2.05) is 12.1 Å². The number of benzene rings is 3. The normalized spacial score (nSPS) is 14.7. The van der Waals surface area contributed by atoms with Crippen molar-refractivity contribution in [3.05, 3.63) is 89.9 Å². The molecule has 0 aliphatic carbocycles. The van der Waals surface area contributed by atoms with Crippen LogP contribution < -0.4 is 15.2 Å². The van der Waals surface area contributed by atoms with Crippen LogP contribution in [-0.2, 0) is 22.4 Å². The van der Waals surface area contributed by atoms with E-state index in [1.165, 1.54) is 6.07 Å². The molecule has 0 saturated carbocycles. The smallest absolute Gasteiger partial charge is 0.336 e. The predicted octanol–water partition coefficient (Wildman–Crippen LogP) is 4.18. The molecular weight excluding hydrogens is 437 g/mol. The van der Waals surface area contributed by atoms with E-state index in [0.29, 0.717) is 40.6 Å². The van der Waals surface area contributed by atoms with Gasteiger partial charge in [0.2, 0.25) is 5.95 Å². The van der Waals surface area contributed by atoms with E-state index in [2.05, 4.69) is 9.97 Å². The van der Waals surface area contributed by atoms with E-state index in [-0.39, 0.29) is 23.2 Å². The number of hydrogen-bond acceptors (Lipinski definition) is 7. The summed E-state index contributed by atoms with van der Waals surface area (Å²) in [7, 11) is 0. The van der Waals surface area contributed by atoms with Gasteiger partial charge in [-0.1, -0.05) is 42.5 Å². The topological polar surface area (TPSA) is 104 Å². The highest BCUT2D eigenvalue weighted by atomic mass is 19.1. The Morgan fingerprint density at radius 2 is 1.50 bits per heavy atom. The first-order valence-corrected chi connectivity index (χ1v) is 10.5. The number of halogens is 1. The van der Waals surface area contributed by atoms with Crippen molar-refractivity contribution in [1.29, 1.82) is 0 Å². The SMILES string of the molecule is Nc1nc2c(c(-c3ccc(F)c4ccccc34)n1)OC(=O)/C=C\C(=O)Oc1ccccc1CC2. The minimum atomic E-state index is -0.812. The molecule has 0 atom stereocenters. The number of nitrogens with zero attached hydrogens (tertiary/aromatic N) is 2.